The maximum Gasteiger partial charge on any atom is 0.299 e. The Morgan fingerprint density at radius 1 is 0.872 bits per heavy atom. The first kappa shape index (κ1) is 40.1. The van der Waals surface area contributed by atoms with Crippen LogP contribution in [-0.4, -0.2) is 39.7 Å². The summed E-state index contributed by atoms with van der Waals surface area (Å²) in [6, 6.07) is 5.08. The van der Waals surface area contributed by atoms with Crippen molar-refractivity contribution >= 4 is 31.6 Å². The van der Waals surface area contributed by atoms with E-state index < -0.39 is 36.6 Å². The van der Waals surface area contributed by atoms with Gasteiger partial charge in [0.1, 0.15) is 22.2 Å². The van der Waals surface area contributed by atoms with Crippen molar-refractivity contribution in [1.29, 1.82) is 5.26 Å². The molecular formula is C33H50N4O8S2. The van der Waals surface area contributed by atoms with Gasteiger partial charge in [-0.25, -0.2) is 0 Å². The van der Waals surface area contributed by atoms with Crippen molar-refractivity contribution in [2.45, 2.75) is 128 Å². The van der Waals surface area contributed by atoms with E-state index >= 15 is 0 Å². The van der Waals surface area contributed by atoms with Gasteiger partial charge in [-0.05, 0) is 50.3 Å². The topological polar surface area (TPSA) is 177 Å². The summed E-state index contributed by atoms with van der Waals surface area (Å²) < 4.78 is 64.1. The summed E-state index contributed by atoms with van der Waals surface area (Å²) >= 11 is 0. The minimum absolute atomic E-state index is 0.0414. The van der Waals surface area contributed by atoms with Gasteiger partial charge in [-0.15, -0.1) is 10.2 Å². The lowest BCUT2D eigenvalue weighted by atomic mass is 9.99. The molecule has 0 amide bonds. The van der Waals surface area contributed by atoms with Crippen molar-refractivity contribution in [3.63, 3.8) is 0 Å². The van der Waals surface area contributed by atoms with Gasteiger partial charge in [-0.3, -0.25) is 17.7 Å². The second-order valence-electron chi connectivity index (χ2n) is 11.6. The number of aromatic nitrogens is 1. The van der Waals surface area contributed by atoms with Crippen LogP contribution in [-0.2, 0) is 35.1 Å². The largest absolute Gasteiger partial charge is 0.493 e. The minimum atomic E-state index is -4.41. The van der Waals surface area contributed by atoms with Crippen molar-refractivity contribution in [2.24, 2.45) is 16.1 Å². The van der Waals surface area contributed by atoms with Crippen LogP contribution in [0.3, 0.4) is 0 Å². The molecule has 47 heavy (non-hydrogen) atoms. The van der Waals surface area contributed by atoms with E-state index in [1.807, 2.05) is 26.8 Å². The summed E-state index contributed by atoms with van der Waals surface area (Å²) in [6.45, 7) is 9.54. The summed E-state index contributed by atoms with van der Waals surface area (Å²) in [5, 5.41) is 28.8. The van der Waals surface area contributed by atoms with Crippen LogP contribution in [0.2, 0.25) is 0 Å². The van der Waals surface area contributed by atoms with Crippen molar-refractivity contribution < 1.29 is 30.3 Å². The SMILES string of the molecule is CCCCCCOS(=O)(=O)c1ccc(S(=O)(=O)OCCCCCC)c(N=Nc2c(C)c(C#N)c(O)n(CC(CC)CCCC)c2=O)c1. The van der Waals surface area contributed by atoms with Crippen LogP contribution in [0.5, 0.6) is 5.88 Å². The van der Waals surface area contributed by atoms with E-state index in [1.165, 1.54) is 6.92 Å². The van der Waals surface area contributed by atoms with Crippen LogP contribution in [0.15, 0.2) is 43.0 Å². The molecule has 1 atom stereocenters. The molecule has 0 radical (unpaired) electrons. The molecule has 0 spiro atoms. The molecular weight excluding hydrogens is 645 g/mol. The number of unbranched alkanes of at least 4 members (excludes halogenated alkanes) is 7. The van der Waals surface area contributed by atoms with Gasteiger partial charge >= 0.3 is 0 Å². The van der Waals surface area contributed by atoms with Crippen molar-refractivity contribution in [1.82, 2.24) is 4.57 Å². The molecule has 0 bridgehead atoms. The van der Waals surface area contributed by atoms with E-state index in [4.69, 9.17) is 8.37 Å². The fraction of sp³-hybridized carbons (Fsp3) is 0.636. The second kappa shape index (κ2) is 19.6. The van der Waals surface area contributed by atoms with Crippen LogP contribution in [0.1, 0.15) is 116 Å². The molecule has 1 aromatic carbocycles. The highest BCUT2D eigenvalue weighted by atomic mass is 32.2. The van der Waals surface area contributed by atoms with Crippen LogP contribution in [0, 0.1) is 24.2 Å². The van der Waals surface area contributed by atoms with E-state index in [9.17, 15) is 32.0 Å². The van der Waals surface area contributed by atoms with Gasteiger partial charge in [0, 0.05) is 12.1 Å². The maximum atomic E-state index is 13.6. The zero-order valence-electron chi connectivity index (χ0n) is 28.3. The Morgan fingerprint density at radius 3 is 2.02 bits per heavy atom. The van der Waals surface area contributed by atoms with E-state index in [-0.39, 0.29) is 53.1 Å². The first-order valence-electron chi connectivity index (χ1n) is 16.6. The second-order valence-corrected chi connectivity index (χ2v) is 14.8. The van der Waals surface area contributed by atoms with Crippen LogP contribution in [0.4, 0.5) is 11.4 Å². The molecule has 0 aliphatic heterocycles. The summed E-state index contributed by atoms with van der Waals surface area (Å²) in [7, 11) is -8.70. The summed E-state index contributed by atoms with van der Waals surface area (Å²) in [4.78, 5) is 12.8. The normalized spacial score (nSPS) is 12.9. The maximum absolute atomic E-state index is 13.6. The number of rotatable bonds is 22. The van der Waals surface area contributed by atoms with Gasteiger partial charge in [-0.2, -0.15) is 22.1 Å². The predicted octanol–water partition coefficient (Wildman–Crippen LogP) is 7.94. The van der Waals surface area contributed by atoms with Crippen molar-refractivity contribution in [2.75, 3.05) is 13.2 Å². The molecule has 0 saturated carbocycles. The van der Waals surface area contributed by atoms with E-state index in [2.05, 4.69) is 17.2 Å². The zero-order chi connectivity index (χ0) is 35.0. The van der Waals surface area contributed by atoms with Crippen LogP contribution in [0.25, 0.3) is 0 Å². The molecule has 0 saturated heterocycles. The molecule has 0 aliphatic rings. The molecule has 12 nitrogen and oxygen atoms in total. The number of nitriles is 1. The van der Waals surface area contributed by atoms with Crippen molar-refractivity contribution in [3.8, 4) is 11.9 Å². The monoisotopic (exact) mass is 694 g/mol. The van der Waals surface area contributed by atoms with E-state index in [1.54, 1.807) is 0 Å². The lowest BCUT2D eigenvalue weighted by Gasteiger charge is -2.19. The predicted molar refractivity (Wildman–Crippen MR) is 180 cm³/mol. The van der Waals surface area contributed by atoms with E-state index in [0.29, 0.717) is 12.8 Å². The fourth-order valence-corrected chi connectivity index (χ4v) is 6.99. The molecule has 0 aliphatic carbocycles. The summed E-state index contributed by atoms with van der Waals surface area (Å²) in [5.41, 5.74) is -1.50. The summed E-state index contributed by atoms with van der Waals surface area (Å²) in [6.07, 6.45) is 9.81. The molecule has 14 heteroatoms. The molecule has 0 fully saturated rings. The number of nitrogens with zero attached hydrogens (tertiary/aromatic N) is 4. The number of benzene rings is 1. The highest BCUT2D eigenvalue weighted by Crippen LogP contribution is 2.33. The molecule has 1 aromatic heterocycles. The molecule has 262 valence electrons. The van der Waals surface area contributed by atoms with Crippen LogP contribution < -0.4 is 5.56 Å². The highest BCUT2D eigenvalue weighted by molar-refractivity contribution is 7.87. The number of hydrogen-bond acceptors (Lipinski definition) is 11. The third-order valence-electron chi connectivity index (χ3n) is 7.97. The lowest BCUT2D eigenvalue weighted by Crippen LogP contribution is -2.25. The van der Waals surface area contributed by atoms with Gasteiger partial charge in [0.15, 0.2) is 5.69 Å². The molecule has 1 N–H and O–H groups in total. The third kappa shape index (κ3) is 11.5. The quantitative estimate of drug-likeness (QED) is 0.0728. The molecule has 2 rings (SSSR count). The molecule has 1 unspecified atom stereocenters. The third-order valence-corrected chi connectivity index (χ3v) is 10.6. The Kier molecular flexibility index (Phi) is 16.7. The number of aromatic hydroxyl groups is 1. The number of azo groups is 1. The highest BCUT2D eigenvalue weighted by Gasteiger charge is 2.25. The molecule has 2 aromatic rings. The van der Waals surface area contributed by atoms with Gasteiger partial charge in [-0.1, -0.05) is 85.5 Å². The standard InChI is InChI=1S/C33H50N4O8S2/c1-6-10-13-15-20-44-46(40,41)27-18-19-30(47(42,43)45-21-16-14-11-7-2)29(22-27)35-36-31-25(5)28(23-34)32(38)37(33(31)39)24-26(9-4)17-12-8-3/h18-19,22,26,38H,6-17,20-21,24H2,1-5H3. The van der Waals surface area contributed by atoms with Gasteiger partial charge in [0.25, 0.3) is 25.8 Å². The van der Waals surface area contributed by atoms with Gasteiger partial charge in [0.05, 0.1) is 18.1 Å². The number of hydrogen-bond donors (Lipinski definition) is 1. The van der Waals surface area contributed by atoms with Gasteiger partial charge in [0.2, 0.25) is 5.88 Å². The minimum Gasteiger partial charge on any atom is -0.493 e. The average molecular weight is 695 g/mol. The smallest absolute Gasteiger partial charge is 0.299 e. The fourth-order valence-electron chi connectivity index (χ4n) is 4.97. The first-order valence-corrected chi connectivity index (χ1v) is 19.4. The Morgan fingerprint density at radius 2 is 1.47 bits per heavy atom. The summed E-state index contributed by atoms with van der Waals surface area (Å²) in [5.74, 6) is -0.430. The zero-order valence-corrected chi connectivity index (χ0v) is 30.0. The van der Waals surface area contributed by atoms with E-state index in [0.717, 1.165) is 87.0 Å². The Labute approximate surface area is 280 Å². The first-order chi connectivity index (χ1) is 22.4. The Balaban J connectivity index is 2.65. The Bertz CT molecular complexity index is 1660. The Hall–Kier alpha value is -3.12. The van der Waals surface area contributed by atoms with Crippen LogP contribution >= 0.6 is 0 Å². The lowest BCUT2D eigenvalue weighted by molar-refractivity contribution is 0.305. The van der Waals surface area contributed by atoms with Gasteiger partial charge < -0.3 is 5.11 Å². The molecule has 1 heterocycles. The number of pyridine rings is 1. The average Bonchev–Trinajstić information content (AvgIpc) is 3.04. The van der Waals surface area contributed by atoms with Crippen molar-refractivity contribution in [3.05, 3.63) is 39.7 Å².